The normalized spacial score (nSPS) is 24.6. The van der Waals surface area contributed by atoms with E-state index in [1.54, 1.807) is 6.20 Å². The van der Waals surface area contributed by atoms with Crippen molar-refractivity contribution in [1.29, 1.82) is 0 Å². The van der Waals surface area contributed by atoms with E-state index in [1.165, 1.54) is 11.3 Å². The molecule has 36 heavy (non-hydrogen) atoms. The molecule has 1 aromatic carbocycles. The van der Waals surface area contributed by atoms with Crippen LogP contribution in [0.1, 0.15) is 19.3 Å². The van der Waals surface area contributed by atoms with Crippen LogP contribution >= 0.6 is 11.3 Å². The van der Waals surface area contributed by atoms with Gasteiger partial charge in [-0.3, -0.25) is 0 Å². The molecule has 0 radical (unpaired) electrons. The minimum atomic E-state index is -0.498. The van der Waals surface area contributed by atoms with Crippen molar-refractivity contribution in [2.45, 2.75) is 30.4 Å². The number of aliphatic hydroxyl groups is 1. The van der Waals surface area contributed by atoms with Crippen LogP contribution in [0.4, 0.5) is 22.7 Å². The highest BCUT2D eigenvalue weighted by Crippen LogP contribution is 2.61. The molecule has 3 aromatic heterocycles. The van der Waals surface area contributed by atoms with Gasteiger partial charge in [0.15, 0.2) is 5.13 Å². The number of aromatic nitrogens is 5. The molecule has 8 rings (SSSR count). The number of nitrogens with zero attached hydrogens (tertiary/aromatic N) is 6. The molecule has 0 atom stereocenters. The molecule has 4 aliphatic rings. The van der Waals surface area contributed by atoms with E-state index in [1.807, 2.05) is 36.4 Å². The van der Waals surface area contributed by atoms with Crippen molar-refractivity contribution in [1.82, 2.24) is 25.1 Å². The number of hydrogen-bond acceptors (Lipinski definition) is 12. The summed E-state index contributed by atoms with van der Waals surface area (Å²) in [5.41, 5.74) is 0.271. The van der Waals surface area contributed by atoms with Crippen LogP contribution in [-0.2, 0) is 4.74 Å². The van der Waals surface area contributed by atoms with Gasteiger partial charge in [0.05, 0.1) is 25.0 Å². The Hall–Kier alpha value is -3.61. The first-order valence-corrected chi connectivity index (χ1v) is 12.7. The Morgan fingerprint density at radius 2 is 1.78 bits per heavy atom. The first-order valence-electron chi connectivity index (χ1n) is 11.9. The van der Waals surface area contributed by atoms with Gasteiger partial charge in [-0.15, -0.1) is 10.2 Å². The first-order chi connectivity index (χ1) is 17.5. The number of ether oxygens (including phenoxy) is 1. The molecule has 0 amide bonds. The summed E-state index contributed by atoms with van der Waals surface area (Å²) in [6.45, 7) is 2.86. The molecule has 3 aliphatic carbocycles. The van der Waals surface area contributed by atoms with Gasteiger partial charge in [-0.1, -0.05) is 29.5 Å². The second-order valence-electron chi connectivity index (χ2n) is 9.63. The van der Waals surface area contributed by atoms with Crippen molar-refractivity contribution in [3.8, 4) is 22.2 Å². The summed E-state index contributed by atoms with van der Waals surface area (Å²) in [5, 5.41) is 25.9. The lowest BCUT2D eigenvalue weighted by Gasteiger charge is -2.67. The third-order valence-electron chi connectivity index (χ3n) is 6.82. The van der Waals surface area contributed by atoms with Gasteiger partial charge in [-0.25, -0.2) is 4.98 Å². The topological polar surface area (TPSA) is 134 Å². The second-order valence-corrected chi connectivity index (χ2v) is 10.7. The summed E-state index contributed by atoms with van der Waals surface area (Å²) in [5.74, 6) is 2.89. The van der Waals surface area contributed by atoms with E-state index in [0.29, 0.717) is 41.9 Å². The minimum absolute atomic E-state index is 0.0988. The molecule has 12 heteroatoms. The molecule has 3 N–H and O–H groups in total. The molecule has 4 fully saturated rings. The zero-order chi connectivity index (χ0) is 24.2. The van der Waals surface area contributed by atoms with E-state index in [4.69, 9.17) is 19.1 Å². The quantitative estimate of drug-likeness (QED) is 0.342. The maximum atomic E-state index is 10.2. The number of nitrogens with one attached hydrogen (secondary N) is 2. The zero-order valence-corrected chi connectivity index (χ0v) is 20.2. The Morgan fingerprint density at radius 1 is 1.00 bits per heavy atom. The van der Waals surface area contributed by atoms with E-state index in [2.05, 4.69) is 30.7 Å². The lowest BCUT2D eigenvalue weighted by Crippen LogP contribution is -2.75. The Balaban J connectivity index is 1.13. The van der Waals surface area contributed by atoms with Crippen LogP contribution < -0.4 is 15.5 Å². The lowest BCUT2D eigenvalue weighted by atomic mass is 9.46. The molecule has 3 saturated carbocycles. The maximum Gasteiger partial charge on any atom is 0.259 e. The van der Waals surface area contributed by atoms with Gasteiger partial charge >= 0.3 is 0 Å². The van der Waals surface area contributed by atoms with E-state index in [0.717, 1.165) is 48.6 Å². The summed E-state index contributed by atoms with van der Waals surface area (Å²) < 4.78 is 11.4. The predicted molar refractivity (Wildman–Crippen MR) is 134 cm³/mol. The van der Waals surface area contributed by atoms with Crippen LogP contribution in [0.5, 0.6) is 0 Å². The number of thiazole rings is 1. The molecule has 4 heterocycles. The summed E-state index contributed by atoms with van der Waals surface area (Å²) in [7, 11) is 0. The largest absolute Gasteiger partial charge is 0.415 e. The molecule has 2 bridgehead atoms. The van der Waals surface area contributed by atoms with Gasteiger partial charge in [0.1, 0.15) is 16.5 Å². The number of benzene rings is 1. The van der Waals surface area contributed by atoms with Crippen molar-refractivity contribution >= 4 is 34.1 Å². The van der Waals surface area contributed by atoms with Crippen LogP contribution in [0, 0.1) is 0 Å². The number of anilines is 4. The monoisotopic (exact) mass is 504 g/mol. The fourth-order valence-electron chi connectivity index (χ4n) is 5.17. The fourth-order valence-corrected chi connectivity index (χ4v) is 5.92. The smallest absolute Gasteiger partial charge is 0.259 e. The molecule has 0 spiro atoms. The van der Waals surface area contributed by atoms with E-state index in [-0.39, 0.29) is 5.54 Å². The Kier molecular flexibility index (Phi) is 4.94. The molecule has 184 valence electrons. The van der Waals surface area contributed by atoms with Crippen LogP contribution in [0.2, 0.25) is 0 Å². The van der Waals surface area contributed by atoms with Crippen LogP contribution in [0.3, 0.4) is 0 Å². The molecule has 11 nitrogen and oxygen atoms in total. The summed E-state index contributed by atoms with van der Waals surface area (Å²) in [6.07, 6.45) is 3.91. The van der Waals surface area contributed by atoms with Crippen molar-refractivity contribution in [2.75, 3.05) is 41.8 Å². The second kappa shape index (κ2) is 8.22. The van der Waals surface area contributed by atoms with E-state index >= 15 is 0 Å². The summed E-state index contributed by atoms with van der Waals surface area (Å²) >= 11 is 1.41. The Labute approximate surface area is 210 Å². The highest BCUT2D eigenvalue weighted by Gasteiger charge is 2.67. The third-order valence-corrected chi connectivity index (χ3v) is 7.72. The fraction of sp³-hybridized carbons (Fsp3) is 0.375. The van der Waals surface area contributed by atoms with Crippen molar-refractivity contribution in [3.05, 3.63) is 42.6 Å². The molecular weight excluding hydrogens is 480 g/mol. The SMILES string of the molecule is OC12CC(Nc3nc(Nc4ncc(-c5nnc(-c6ccccc6)o5)s4)cc(N4CCOCC4)n3)(C1)C2. The molecular formula is C24H24N8O3S. The van der Waals surface area contributed by atoms with Crippen LogP contribution in [-0.4, -0.2) is 67.7 Å². The predicted octanol–water partition coefficient (Wildman–Crippen LogP) is 3.31. The Bertz CT molecular complexity index is 1380. The zero-order valence-electron chi connectivity index (χ0n) is 19.3. The first kappa shape index (κ1) is 21.7. The number of morpholine rings is 1. The van der Waals surface area contributed by atoms with Gasteiger partial charge < -0.3 is 29.8 Å². The van der Waals surface area contributed by atoms with Crippen LogP contribution in [0.15, 0.2) is 47.0 Å². The van der Waals surface area contributed by atoms with Gasteiger partial charge in [0.2, 0.25) is 11.8 Å². The molecule has 0 unspecified atom stereocenters. The molecule has 4 aromatic rings. The standard InChI is InChI=1S/C24H24N8O3S/c33-24-12-23(13-24,14-24)29-21-26-17(10-18(28-21)32-6-8-34-9-7-32)27-22-25-11-16(36-22)20-31-30-19(35-20)15-4-2-1-3-5-15/h1-5,10-11,33H,6-9,12-14H2,(H2,25,26,27,28,29). The van der Waals surface area contributed by atoms with E-state index in [9.17, 15) is 5.11 Å². The highest BCUT2D eigenvalue weighted by atomic mass is 32.1. The Morgan fingerprint density at radius 3 is 2.56 bits per heavy atom. The lowest BCUT2D eigenvalue weighted by molar-refractivity contribution is -0.195. The van der Waals surface area contributed by atoms with Crippen LogP contribution in [0.25, 0.3) is 22.2 Å². The van der Waals surface area contributed by atoms with Gasteiger partial charge in [-0.05, 0) is 31.4 Å². The molecule has 1 saturated heterocycles. The summed E-state index contributed by atoms with van der Waals surface area (Å²) in [6, 6.07) is 11.6. The average molecular weight is 505 g/mol. The van der Waals surface area contributed by atoms with Gasteiger partial charge in [0.25, 0.3) is 5.89 Å². The van der Waals surface area contributed by atoms with Crippen molar-refractivity contribution in [3.63, 3.8) is 0 Å². The third kappa shape index (κ3) is 3.96. The van der Waals surface area contributed by atoms with E-state index < -0.39 is 5.60 Å². The minimum Gasteiger partial charge on any atom is -0.415 e. The number of rotatable bonds is 7. The van der Waals surface area contributed by atoms with Crippen molar-refractivity contribution in [2.24, 2.45) is 0 Å². The van der Waals surface area contributed by atoms with Gasteiger partial charge in [-0.2, -0.15) is 9.97 Å². The maximum absolute atomic E-state index is 10.2. The molecule has 1 aliphatic heterocycles. The highest BCUT2D eigenvalue weighted by molar-refractivity contribution is 7.18. The van der Waals surface area contributed by atoms with Crippen molar-refractivity contribution < 1.29 is 14.3 Å². The number of hydrogen-bond donors (Lipinski definition) is 3. The van der Waals surface area contributed by atoms with Gasteiger partial charge in [0, 0.05) is 30.3 Å². The average Bonchev–Trinajstić information content (AvgIpc) is 3.53. The summed E-state index contributed by atoms with van der Waals surface area (Å²) in [4.78, 5) is 16.9.